The van der Waals surface area contributed by atoms with Gasteiger partial charge in [-0.15, -0.1) is 0 Å². The second-order valence-corrected chi connectivity index (χ2v) is 5.41. The molecule has 1 rings (SSSR count). The third-order valence-electron chi connectivity index (χ3n) is 4.04. The second-order valence-electron chi connectivity index (χ2n) is 5.41. The summed E-state index contributed by atoms with van der Waals surface area (Å²) in [7, 11) is 1.62. The number of nitriles is 1. The van der Waals surface area contributed by atoms with E-state index in [1.165, 1.54) is 6.42 Å². The van der Waals surface area contributed by atoms with E-state index in [9.17, 15) is 10.4 Å². The zero-order valence-corrected chi connectivity index (χ0v) is 10.6. The molecule has 0 aromatic heterocycles. The van der Waals surface area contributed by atoms with Crippen molar-refractivity contribution in [2.45, 2.75) is 51.6 Å². The summed E-state index contributed by atoms with van der Waals surface area (Å²) in [6.45, 7) is 4.45. The molecular weight excluding hydrogens is 202 g/mol. The molecule has 1 saturated carbocycles. The van der Waals surface area contributed by atoms with Crippen molar-refractivity contribution in [3.05, 3.63) is 0 Å². The molecule has 0 aromatic rings. The molecule has 0 saturated heterocycles. The van der Waals surface area contributed by atoms with Crippen molar-refractivity contribution in [3.8, 4) is 6.07 Å². The van der Waals surface area contributed by atoms with Gasteiger partial charge in [-0.1, -0.05) is 19.8 Å². The molecule has 0 aliphatic heterocycles. The maximum Gasteiger partial charge on any atom is 0.0860 e. The minimum Gasteiger partial charge on any atom is -0.388 e. The van der Waals surface area contributed by atoms with E-state index in [0.29, 0.717) is 18.9 Å². The highest BCUT2D eigenvalue weighted by atomic mass is 16.5. The van der Waals surface area contributed by atoms with Gasteiger partial charge in [0.05, 0.1) is 17.1 Å². The van der Waals surface area contributed by atoms with Gasteiger partial charge in [0.15, 0.2) is 0 Å². The van der Waals surface area contributed by atoms with E-state index < -0.39 is 11.0 Å². The minimum atomic E-state index is -0.938. The highest BCUT2D eigenvalue weighted by Crippen LogP contribution is 2.47. The van der Waals surface area contributed by atoms with Gasteiger partial charge >= 0.3 is 0 Å². The number of aliphatic hydroxyl groups is 1. The fraction of sp³-hybridized carbons (Fsp3) is 0.923. The van der Waals surface area contributed by atoms with Gasteiger partial charge in [0.1, 0.15) is 0 Å². The van der Waals surface area contributed by atoms with Crippen molar-refractivity contribution in [3.63, 3.8) is 0 Å². The second kappa shape index (κ2) is 5.16. The molecule has 92 valence electrons. The highest BCUT2D eigenvalue weighted by Gasteiger charge is 2.49. The Morgan fingerprint density at radius 3 is 2.81 bits per heavy atom. The Morgan fingerprint density at radius 2 is 2.31 bits per heavy atom. The van der Waals surface area contributed by atoms with Gasteiger partial charge in [-0.25, -0.2) is 0 Å². The van der Waals surface area contributed by atoms with E-state index in [0.717, 1.165) is 19.3 Å². The highest BCUT2D eigenvalue weighted by molar-refractivity contribution is 5.11. The Morgan fingerprint density at radius 1 is 1.62 bits per heavy atom. The quantitative estimate of drug-likeness (QED) is 0.799. The maximum absolute atomic E-state index is 10.5. The predicted molar refractivity (Wildman–Crippen MR) is 62.8 cm³/mol. The SMILES string of the molecule is COCCC(C)(O)C1(C#N)CCCC(C)C1. The van der Waals surface area contributed by atoms with Crippen LogP contribution in [0.5, 0.6) is 0 Å². The van der Waals surface area contributed by atoms with Crippen LogP contribution in [0.4, 0.5) is 0 Å². The summed E-state index contributed by atoms with van der Waals surface area (Å²) in [4.78, 5) is 0. The van der Waals surface area contributed by atoms with Crippen LogP contribution >= 0.6 is 0 Å². The molecule has 16 heavy (non-hydrogen) atoms. The fourth-order valence-electron chi connectivity index (χ4n) is 2.80. The molecular formula is C13H23NO2. The van der Waals surface area contributed by atoms with Crippen molar-refractivity contribution in [1.82, 2.24) is 0 Å². The zero-order valence-electron chi connectivity index (χ0n) is 10.6. The van der Waals surface area contributed by atoms with Gasteiger partial charge in [0, 0.05) is 20.1 Å². The summed E-state index contributed by atoms with van der Waals surface area (Å²) in [5.41, 5.74) is -1.52. The Labute approximate surface area is 98.4 Å². The molecule has 1 N–H and O–H groups in total. The molecule has 1 fully saturated rings. The summed E-state index contributed by atoms with van der Waals surface area (Å²) in [6, 6.07) is 2.39. The summed E-state index contributed by atoms with van der Waals surface area (Å²) in [5, 5.41) is 20.0. The lowest BCUT2D eigenvalue weighted by molar-refractivity contribution is -0.0821. The average molecular weight is 225 g/mol. The molecule has 0 heterocycles. The lowest BCUT2D eigenvalue weighted by Gasteiger charge is -2.44. The molecule has 3 nitrogen and oxygen atoms in total. The smallest absolute Gasteiger partial charge is 0.0860 e. The van der Waals surface area contributed by atoms with Crippen molar-refractivity contribution < 1.29 is 9.84 Å². The van der Waals surface area contributed by atoms with E-state index in [1.54, 1.807) is 14.0 Å². The molecule has 0 aromatic carbocycles. The first-order valence-electron chi connectivity index (χ1n) is 6.10. The zero-order chi connectivity index (χ0) is 12.2. The Balaban J connectivity index is 2.82. The van der Waals surface area contributed by atoms with Crippen molar-refractivity contribution >= 4 is 0 Å². The number of hydrogen-bond acceptors (Lipinski definition) is 3. The largest absolute Gasteiger partial charge is 0.388 e. The molecule has 3 unspecified atom stereocenters. The first-order valence-corrected chi connectivity index (χ1v) is 6.10. The molecule has 0 radical (unpaired) electrons. The van der Waals surface area contributed by atoms with Gasteiger partial charge in [-0.05, 0) is 25.7 Å². The van der Waals surface area contributed by atoms with Crippen LogP contribution in [-0.4, -0.2) is 24.4 Å². The molecule has 3 heteroatoms. The van der Waals surface area contributed by atoms with Crippen LogP contribution < -0.4 is 0 Å². The van der Waals surface area contributed by atoms with Crippen LogP contribution in [0.15, 0.2) is 0 Å². The molecule has 3 atom stereocenters. The summed E-state index contributed by atoms with van der Waals surface area (Å²) in [6.07, 6.45) is 4.36. The molecule has 1 aliphatic carbocycles. The number of methoxy groups -OCH3 is 1. The van der Waals surface area contributed by atoms with E-state index in [-0.39, 0.29) is 0 Å². The maximum atomic E-state index is 10.5. The topological polar surface area (TPSA) is 53.2 Å². The van der Waals surface area contributed by atoms with E-state index >= 15 is 0 Å². The third kappa shape index (κ3) is 2.56. The predicted octanol–water partition coefficient (Wildman–Crippen LogP) is 2.49. The minimum absolute atomic E-state index is 0.505. The number of hydrogen-bond donors (Lipinski definition) is 1. The summed E-state index contributed by atoms with van der Waals surface area (Å²) >= 11 is 0. The van der Waals surface area contributed by atoms with Gasteiger partial charge in [-0.2, -0.15) is 5.26 Å². The van der Waals surface area contributed by atoms with Crippen LogP contribution in [-0.2, 0) is 4.74 Å². The monoisotopic (exact) mass is 225 g/mol. The average Bonchev–Trinajstić information content (AvgIpc) is 2.26. The van der Waals surface area contributed by atoms with E-state index in [2.05, 4.69) is 13.0 Å². The van der Waals surface area contributed by atoms with Gasteiger partial charge < -0.3 is 9.84 Å². The van der Waals surface area contributed by atoms with Crippen molar-refractivity contribution in [1.29, 1.82) is 5.26 Å². The van der Waals surface area contributed by atoms with Crippen molar-refractivity contribution in [2.75, 3.05) is 13.7 Å². The molecule has 0 bridgehead atoms. The lowest BCUT2D eigenvalue weighted by Crippen LogP contribution is -2.48. The first kappa shape index (κ1) is 13.5. The van der Waals surface area contributed by atoms with Crippen LogP contribution in [0.3, 0.4) is 0 Å². The fourth-order valence-corrected chi connectivity index (χ4v) is 2.80. The molecule has 0 spiro atoms. The lowest BCUT2D eigenvalue weighted by atomic mass is 9.61. The van der Waals surface area contributed by atoms with Gasteiger partial charge in [0.2, 0.25) is 0 Å². The Kier molecular flexibility index (Phi) is 4.35. The Hall–Kier alpha value is -0.590. The van der Waals surface area contributed by atoms with Crippen LogP contribution in [0, 0.1) is 22.7 Å². The van der Waals surface area contributed by atoms with E-state index in [4.69, 9.17) is 4.74 Å². The number of ether oxygens (including phenoxy) is 1. The normalized spacial score (nSPS) is 34.1. The summed E-state index contributed by atoms with van der Waals surface area (Å²) < 4.78 is 5.02. The van der Waals surface area contributed by atoms with Gasteiger partial charge in [0.25, 0.3) is 0 Å². The summed E-state index contributed by atoms with van der Waals surface area (Å²) in [5.74, 6) is 0.530. The van der Waals surface area contributed by atoms with Gasteiger partial charge in [-0.3, -0.25) is 0 Å². The molecule has 0 amide bonds. The number of rotatable bonds is 4. The standard InChI is InChI=1S/C13H23NO2/c1-11-5-4-6-13(9-11,10-14)12(2,15)7-8-16-3/h11,15H,4-9H2,1-3H3. The third-order valence-corrected chi connectivity index (χ3v) is 4.04. The molecule has 1 aliphatic rings. The van der Waals surface area contributed by atoms with Crippen molar-refractivity contribution in [2.24, 2.45) is 11.3 Å². The Bertz CT molecular complexity index is 270. The van der Waals surface area contributed by atoms with Crippen LogP contribution in [0.25, 0.3) is 0 Å². The van der Waals surface area contributed by atoms with E-state index in [1.807, 2.05) is 0 Å². The first-order chi connectivity index (χ1) is 7.47. The van der Waals surface area contributed by atoms with Crippen LogP contribution in [0.1, 0.15) is 46.0 Å². The number of nitrogens with zero attached hydrogens (tertiary/aromatic N) is 1. The van der Waals surface area contributed by atoms with Crippen LogP contribution in [0.2, 0.25) is 0 Å².